The van der Waals surface area contributed by atoms with E-state index in [9.17, 15) is 4.79 Å². The lowest BCUT2D eigenvalue weighted by Crippen LogP contribution is -2.18. The van der Waals surface area contributed by atoms with Crippen LogP contribution in [0.25, 0.3) is 0 Å². The van der Waals surface area contributed by atoms with Crippen molar-refractivity contribution in [2.24, 2.45) is 0 Å². The maximum absolute atomic E-state index is 11.5. The van der Waals surface area contributed by atoms with Gasteiger partial charge in [-0.2, -0.15) is 4.98 Å². The molecule has 1 saturated heterocycles. The van der Waals surface area contributed by atoms with Crippen LogP contribution in [0.3, 0.4) is 0 Å². The largest absolute Gasteiger partial charge is 0.460 e. The number of nitrogens with zero attached hydrogens (tertiary/aromatic N) is 2. The van der Waals surface area contributed by atoms with Crippen molar-refractivity contribution in [2.75, 3.05) is 13.2 Å². The molecule has 0 saturated carbocycles. The molecule has 6 heteroatoms. The van der Waals surface area contributed by atoms with Gasteiger partial charge in [-0.25, -0.2) is 0 Å². The maximum Gasteiger partial charge on any atom is 0.300 e. The molecule has 0 aromatic carbocycles. The summed E-state index contributed by atoms with van der Waals surface area (Å²) in [6.45, 7) is 4.45. The van der Waals surface area contributed by atoms with Gasteiger partial charge in [-0.3, -0.25) is 9.36 Å². The topological polar surface area (TPSA) is 62.6 Å². The fourth-order valence-corrected chi connectivity index (χ4v) is 2.48. The average Bonchev–Trinajstić information content (AvgIpc) is 2.97. The van der Waals surface area contributed by atoms with Gasteiger partial charge in [0.2, 0.25) is 0 Å². The van der Waals surface area contributed by atoms with Crippen LogP contribution in [0.2, 0.25) is 0 Å². The first-order chi connectivity index (χ1) is 9.22. The highest BCUT2D eigenvalue weighted by Gasteiger charge is 2.23. The highest BCUT2D eigenvalue weighted by molar-refractivity contribution is 5.12. The van der Waals surface area contributed by atoms with E-state index in [0.717, 1.165) is 25.1 Å². The molecule has 0 amide bonds. The van der Waals surface area contributed by atoms with Gasteiger partial charge in [0.25, 0.3) is 11.6 Å². The second kappa shape index (κ2) is 5.30. The lowest BCUT2D eigenvalue weighted by Gasteiger charge is -2.12. The molecule has 0 radical (unpaired) electrons. The summed E-state index contributed by atoms with van der Waals surface area (Å²) in [7, 11) is 0. The van der Waals surface area contributed by atoms with Crippen molar-refractivity contribution in [1.82, 2.24) is 9.55 Å². The van der Waals surface area contributed by atoms with E-state index in [2.05, 4.69) is 4.98 Å². The zero-order valence-corrected chi connectivity index (χ0v) is 11.0. The van der Waals surface area contributed by atoms with Gasteiger partial charge in [-0.15, -0.1) is 0 Å². The Labute approximate surface area is 111 Å². The summed E-state index contributed by atoms with van der Waals surface area (Å²) in [6, 6.07) is 1.91. The molecule has 6 nitrogen and oxygen atoms in total. The fourth-order valence-electron chi connectivity index (χ4n) is 2.48. The summed E-state index contributed by atoms with van der Waals surface area (Å²) in [5.74, 6) is 0. The normalized spacial score (nSPS) is 25.3. The zero-order valence-electron chi connectivity index (χ0n) is 11.0. The van der Waals surface area contributed by atoms with Gasteiger partial charge < -0.3 is 14.2 Å². The monoisotopic (exact) mass is 266 g/mol. The third-order valence-corrected chi connectivity index (χ3v) is 3.40. The highest BCUT2D eigenvalue weighted by Crippen LogP contribution is 2.20. The van der Waals surface area contributed by atoms with E-state index in [-0.39, 0.29) is 17.8 Å². The molecular weight excluding hydrogens is 248 g/mol. The summed E-state index contributed by atoms with van der Waals surface area (Å²) in [5, 5.41) is 0. The van der Waals surface area contributed by atoms with Gasteiger partial charge in [0.1, 0.15) is 6.10 Å². The molecule has 2 aliphatic rings. The Balaban J connectivity index is 1.65. The maximum atomic E-state index is 11.5. The standard InChI is InChI=1S/C13H18N2O4/c1-9-6-15-10(5-12(16)14-13(15)19-9)7-17-8-11-3-2-4-18-11/h5,9,11H,2-4,6-8H2,1H3/t9-,11?/m1/s1. The Morgan fingerprint density at radius 3 is 3.26 bits per heavy atom. The molecule has 3 heterocycles. The molecule has 19 heavy (non-hydrogen) atoms. The van der Waals surface area contributed by atoms with E-state index in [1.807, 2.05) is 11.5 Å². The summed E-state index contributed by atoms with van der Waals surface area (Å²) in [4.78, 5) is 15.3. The van der Waals surface area contributed by atoms with Gasteiger partial charge in [0, 0.05) is 12.7 Å². The van der Waals surface area contributed by atoms with Crippen LogP contribution in [0.4, 0.5) is 0 Å². The van der Waals surface area contributed by atoms with Crippen LogP contribution in [0.5, 0.6) is 6.01 Å². The van der Waals surface area contributed by atoms with Gasteiger partial charge in [0.05, 0.1) is 31.6 Å². The van der Waals surface area contributed by atoms with Crippen molar-refractivity contribution in [3.8, 4) is 6.01 Å². The molecule has 0 spiro atoms. The third kappa shape index (κ3) is 2.79. The lowest BCUT2D eigenvalue weighted by atomic mass is 10.2. The van der Waals surface area contributed by atoms with Crippen molar-refractivity contribution in [3.05, 3.63) is 22.1 Å². The van der Waals surface area contributed by atoms with E-state index >= 15 is 0 Å². The third-order valence-electron chi connectivity index (χ3n) is 3.40. The summed E-state index contributed by atoms with van der Waals surface area (Å²) in [5.41, 5.74) is 0.536. The average molecular weight is 266 g/mol. The molecule has 0 bridgehead atoms. The molecule has 0 aliphatic carbocycles. The summed E-state index contributed by atoms with van der Waals surface area (Å²) < 4.78 is 18.5. The molecule has 104 valence electrons. The minimum atomic E-state index is -0.281. The van der Waals surface area contributed by atoms with Crippen LogP contribution >= 0.6 is 0 Å². The number of hydrogen-bond acceptors (Lipinski definition) is 5. The first-order valence-corrected chi connectivity index (χ1v) is 6.69. The quantitative estimate of drug-likeness (QED) is 0.803. The minimum Gasteiger partial charge on any atom is -0.460 e. The Morgan fingerprint density at radius 2 is 2.47 bits per heavy atom. The molecule has 2 atom stereocenters. The molecule has 1 aromatic rings. The Hall–Kier alpha value is -1.40. The van der Waals surface area contributed by atoms with E-state index < -0.39 is 0 Å². The SMILES string of the molecule is C[C@@H]1Cn2c(COCC3CCCO3)cc(=O)nc2O1. The summed E-state index contributed by atoms with van der Waals surface area (Å²) >= 11 is 0. The van der Waals surface area contributed by atoms with Crippen LogP contribution < -0.4 is 10.3 Å². The van der Waals surface area contributed by atoms with Crippen LogP contribution in [-0.2, 0) is 22.6 Å². The van der Waals surface area contributed by atoms with Crippen LogP contribution in [0.1, 0.15) is 25.5 Å². The van der Waals surface area contributed by atoms with E-state index in [0.29, 0.717) is 25.8 Å². The lowest BCUT2D eigenvalue weighted by molar-refractivity contribution is 0.00875. The van der Waals surface area contributed by atoms with E-state index in [4.69, 9.17) is 14.2 Å². The number of hydrogen-bond donors (Lipinski definition) is 0. The molecule has 1 fully saturated rings. The number of aromatic nitrogens is 2. The predicted octanol–water partition coefficient (Wildman–Crippen LogP) is 0.720. The zero-order chi connectivity index (χ0) is 13.2. The van der Waals surface area contributed by atoms with Gasteiger partial charge in [-0.1, -0.05) is 0 Å². The van der Waals surface area contributed by atoms with Crippen molar-refractivity contribution < 1.29 is 14.2 Å². The molecule has 1 unspecified atom stereocenters. The number of rotatable bonds is 4. The van der Waals surface area contributed by atoms with Gasteiger partial charge in [-0.05, 0) is 19.8 Å². The Bertz CT molecular complexity index is 508. The highest BCUT2D eigenvalue weighted by atomic mass is 16.5. The van der Waals surface area contributed by atoms with Crippen molar-refractivity contribution in [3.63, 3.8) is 0 Å². The number of ether oxygens (including phenoxy) is 3. The van der Waals surface area contributed by atoms with Crippen molar-refractivity contribution in [1.29, 1.82) is 0 Å². The minimum absolute atomic E-state index is 0.0474. The summed E-state index contributed by atoms with van der Waals surface area (Å²) in [6.07, 6.45) is 2.39. The predicted molar refractivity (Wildman–Crippen MR) is 67.2 cm³/mol. The van der Waals surface area contributed by atoms with Crippen molar-refractivity contribution >= 4 is 0 Å². The first kappa shape index (κ1) is 12.6. The van der Waals surface area contributed by atoms with E-state index in [1.54, 1.807) is 0 Å². The number of fused-ring (bicyclic) bond motifs is 1. The second-order valence-electron chi connectivity index (χ2n) is 5.06. The molecule has 1 aromatic heterocycles. The molecule has 2 aliphatic heterocycles. The Kier molecular flexibility index (Phi) is 3.52. The molecule has 0 N–H and O–H groups in total. The van der Waals surface area contributed by atoms with Crippen LogP contribution in [0, 0.1) is 0 Å². The Morgan fingerprint density at radius 1 is 1.58 bits per heavy atom. The van der Waals surface area contributed by atoms with Gasteiger partial charge in [0.15, 0.2) is 0 Å². The fraction of sp³-hybridized carbons (Fsp3) is 0.692. The smallest absolute Gasteiger partial charge is 0.300 e. The van der Waals surface area contributed by atoms with Gasteiger partial charge >= 0.3 is 0 Å². The van der Waals surface area contributed by atoms with Crippen LogP contribution in [0.15, 0.2) is 10.9 Å². The first-order valence-electron chi connectivity index (χ1n) is 6.69. The molecule has 3 rings (SSSR count). The van der Waals surface area contributed by atoms with E-state index in [1.165, 1.54) is 6.07 Å². The van der Waals surface area contributed by atoms with Crippen molar-refractivity contribution in [2.45, 2.75) is 45.1 Å². The second-order valence-corrected chi connectivity index (χ2v) is 5.06. The molecular formula is C13H18N2O4. The van der Waals surface area contributed by atoms with Crippen LogP contribution in [-0.4, -0.2) is 35.0 Å².